The van der Waals surface area contributed by atoms with Crippen LogP contribution >= 0.6 is 0 Å². The molecule has 7 heteroatoms. The van der Waals surface area contributed by atoms with Crippen molar-refractivity contribution < 1.29 is 34.0 Å². The number of esters is 2. The van der Waals surface area contributed by atoms with Gasteiger partial charge in [-0.2, -0.15) is 0 Å². The molecule has 27 heavy (non-hydrogen) atoms. The van der Waals surface area contributed by atoms with Gasteiger partial charge < -0.3 is 24.4 Å². The van der Waals surface area contributed by atoms with Crippen LogP contribution in [0.4, 0.5) is 0 Å². The second-order valence-corrected chi connectivity index (χ2v) is 7.73. The van der Waals surface area contributed by atoms with Crippen molar-refractivity contribution in [1.82, 2.24) is 0 Å². The number of rotatable bonds is 3. The molecule has 5 atom stereocenters. The molecule has 0 aliphatic carbocycles. The predicted octanol–water partition coefficient (Wildman–Crippen LogP) is 1.54. The Hall–Kier alpha value is -1.96. The molecule has 3 aliphatic rings. The molecule has 5 unspecified atom stereocenters. The summed E-state index contributed by atoms with van der Waals surface area (Å²) in [4.78, 5) is 24.6. The molecule has 0 saturated carbocycles. The van der Waals surface area contributed by atoms with Gasteiger partial charge in [0.2, 0.25) is 0 Å². The van der Waals surface area contributed by atoms with Crippen molar-refractivity contribution in [2.75, 3.05) is 6.61 Å². The Morgan fingerprint density at radius 3 is 2.81 bits per heavy atom. The molecule has 3 aliphatic heterocycles. The van der Waals surface area contributed by atoms with Gasteiger partial charge in [0.05, 0.1) is 18.1 Å². The van der Waals surface area contributed by atoms with Crippen LogP contribution in [0.15, 0.2) is 35.5 Å². The van der Waals surface area contributed by atoms with Gasteiger partial charge in [0.25, 0.3) is 0 Å². The maximum atomic E-state index is 12.4. The normalized spacial score (nSPS) is 39.1. The summed E-state index contributed by atoms with van der Waals surface area (Å²) in [5.74, 6) is -3.32. The lowest BCUT2D eigenvalue weighted by molar-refractivity contribution is -0.205. The summed E-state index contributed by atoms with van der Waals surface area (Å²) in [5, 5.41) is 20.7. The number of carbonyl (C=O) groups is 2. The molecule has 2 N–H and O–H groups in total. The lowest BCUT2D eigenvalue weighted by Gasteiger charge is -2.33. The van der Waals surface area contributed by atoms with E-state index in [1.165, 1.54) is 6.08 Å². The van der Waals surface area contributed by atoms with E-state index in [1.54, 1.807) is 19.9 Å². The smallest absolute Gasteiger partial charge is 0.334 e. The van der Waals surface area contributed by atoms with Gasteiger partial charge in [-0.25, -0.2) is 9.59 Å². The van der Waals surface area contributed by atoms with Crippen molar-refractivity contribution >= 4 is 11.9 Å². The maximum Gasteiger partial charge on any atom is 0.334 e. The third kappa shape index (κ3) is 3.47. The number of ether oxygens (including phenoxy) is 3. The number of fused-ring (bicyclic) bond motifs is 3. The topological polar surface area (TPSA) is 102 Å². The van der Waals surface area contributed by atoms with E-state index in [0.29, 0.717) is 12.0 Å². The lowest BCUT2D eigenvalue weighted by atomic mass is 9.81. The van der Waals surface area contributed by atoms with Crippen molar-refractivity contribution in [1.29, 1.82) is 0 Å². The number of aliphatic hydroxyl groups excluding tert-OH is 1. The van der Waals surface area contributed by atoms with Crippen LogP contribution in [0.25, 0.3) is 0 Å². The van der Waals surface area contributed by atoms with Crippen LogP contribution in [0.3, 0.4) is 0 Å². The third-order valence-corrected chi connectivity index (χ3v) is 5.75. The van der Waals surface area contributed by atoms with E-state index in [0.717, 1.165) is 0 Å². The van der Waals surface area contributed by atoms with Gasteiger partial charge in [-0.1, -0.05) is 12.7 Å². The van der Waals surface area contributed by atoms with Crippen molar-refractivity contribution in [3.05, 3.63) is 35.5 Å². The van der Waals surface area contributed by atoms with E-state index < -0.39 is 48.1 Å². The molecule has 0 radical (unpaired) electrons. The summed E-state index contributed by atoms with van der Waals surface area (Å²) in [7, 11) is 0. The average Bonchev–Trinajstić information content (AvgIpc) is 3.08. The summed E-state index contributed by atoms with van der Waals surface area (Å²) >= 11 is 0. The van der Waals surface area contributed by atoms with E-state index >= 15 is 0 Å². The zero-order chi connectivity index (χ0) is 20.0. The first-order valence-electron chi connectivity index (χ1n) is 9.11. The average molecular weight is 378 g/mol. The molecule has 2 bridgehead atoms. The zero-order valence-electron chi connectivity index (χ0n) is 15.9. The fourth-order valence-electron chi connectivity index (χ4n) is 4.01. The molecule has 2 saturated heterocycles. The third-order valence-electron chi connectivity index (χ3n) is 5.75. The fraction of sp³-hybridized carbons (Fsp3) is 0.600. The summed E-state index contributed by atoms with van der Waals surface area (Å²) < 4.78 is 17.1. The molecule has 0 aromatic rings. The number of hydrogen-bond acceptors (Lipinski definition) is 7. The summed E-state index contributed by atoms with van der Waals surface area (Å²) in [6.07, 6.45) is 2.69. The fourth-order valence-corrected chi connectivity index (χ4v) is 4.01. The predicted molar refractivity (Wildman–Crippen MR) is 95.3 cm³/mol. The van der Waals surface area contributed by atoms with E-state index in [4.69, 9.17) is 14.2 Å². The van der Waals surface area contributed by atoms with Crippen LogP contribution in [0.1, 0.15) is 40.0 Å². The maximum absolute atomic E-state index is 12.4. The van der Waals surface area contributed by atoms with Gasteiger partial charge in [-0.15, -0.1) is 0 Å². The van der Waals surface area contributed by atoms with E-state index in [-0.39, 0.29) is 24.0 Å². The first kappa shape index (κ1) is 19.8. The van der Waals surface area contributed by atoms with Gasteiger partial charge in [-0.3, -0.25) is 0 Å². The molecule has 0 aromatic heterocycles. The molecule has 148 valence electrons. The molecule has 0 spiro atoms. The van der Waals surface area contributed by atoms with Crippen LogP contribution < -0.4 is 0 Å². The SMILES string of the molecule is C=C1C(=O)OC2C=C(CO)C3(O)CCC(C)(CC(OC(=O)C(C)=CC)C12)O3. The van der Waals surface area contributed by atoms with Crippen molar-refractivity contribution in [2.45, 2.75) is 63.6 Å². The second kappa shape index (κ2) is 6.89. The summed E-state index contributed by atoms with van der Waals surface area (Å²) in [6, 6.07) is 0. The molecule has 3 heterocycles. The monoisotopic (exact) mass is 378 g/mol. The highest BCUT2D eigenvalue weighted by molar-refractivity contribution is 5.92. The Bertz CT molecular complexity index is 737. The standard InChI is InChI=1S/C20H26O7/c1-5-11(2)17(22)26-15-9-19(4)6-7-20(24,27-19)13(10-21)8-14-16(15)12(3)18(23)25-14/h5,8,14-16,21,24H,3,6-7,9-10H2,1-2,4H3. The van der Waals surface area contributed by atoms with Gasteiger partial charge >= 0.3 is 11.9 Å². The van der Waals surface area contributed by atoms with Gasteiger partial charge in [0.1, 0.15) is 12.2 Å². The number of allylic oxidation sites excluding steroid dienone is 1. The van der Waals surface area contributed by atoms with E-state index in [9.17, 15) is 19.8 Å². The molecule has 3 rings (SSSR count). The highest BCUT2D eigenvalue weighted by Crippen LogP contribution is 2.47. The molecular formula is C20H26O7. The molecule has 7 nitrogen and oxygen atoms in total. The van der Waals surface area contributed by atoms with Crippen LogP contribution in [0.2, 0.25) is 0 Å². The minimum Gasteiger partial charge on any atom is -0.458 e. The number of hydrogen-bond donors (Lipinski definition) is 2. The first-order chi connectivity index (χ1) is 12.6. The molecule has 0 amide bonds. The van der Waals surface area contributed by atoms with Crippen LogP contribution in [-0.2, 0) is 23.8 Å². The van der Waals surface area contributed by atoms with Gasteiger partial charge in [0.15, 0.2) is 5.79 Å². The van der Waals surface area contributed by atoms with Crippen molar-refractivity contribution in [3.63, 3.8) is 0 Å². The minimum absolute atomic E-state index is 0.206. The zero-order valence-corrected chi connectivity index (χ0v) is 15.9. The minimum atomic E-state index is -1.64. The van der Waals surface area contributed by atoms with E-state index in [1.807, 2.05) is 6.92 Å². The Balaban J connectivity index is 2.05. The first-order valence-corrected chi connectivity index (χ1v) is 9.11. The lowest BCUT2D eigenvalue weighted by Crippen LogP contribution is -2.40. The van der Waals surface area contributed by atoms with Crippen molar-refractivity contribution in [2.24, 2.45) is 5.92 Å². The Morgan fingerprint density at radius 1 is 1.48 bits per heavy atom. The van der Waals surface area contributed by atoms with Gasteiger partial charge in [-0.05, 0) is 33.3 Å². The largest absolute Gasteiger partial charge is 0.458 e. The Kier molecular flexibility index (Phi) is 5.05. The van der Waals surface area contributed by atoms with Gasteiger partial charge in [0, 0.05) is 29.6 Å². The molecule has 2 fully saturated rings. The molecular weight excluding hydrogens is 352 g/mol. The second-order valence-electron chi connectivity index (χ2n) is 7.73. The molecule has 0 aromatic carbocycles. The Morgan fingerprint density at radius 2 is 2.19 bits per heavy atom. The quantitative estimate of drug-likeness (QED) is 0.436. The van der Waals surface area contributed by atoms with Crippen LogP contribution in [-0.4, -0.2) is 52.4 Å². The number of carbonyl (C=O) groups excluding carboxylic acids is 2. The summed E-state index contributed by atoms with van der Waals surface area (Å²) in [6.45, 7) is 8.59. The van der Waals surface area contributed by atoms with Crippen molar-refractivity contribution in [3.8, 4) is 0 Å². The Labute approximate surface area is 158 Å². The van der Waals surface area contributed by atoms with Crippen LogP contribution in [0.5, 0.6) is 0 Å². The summed E-state index contributed by atoms with van der Waals surface area (Å²) in [5.41, 5.74) is 0.0968. The highest BCUT2D eigenvalue weighted by Gasteiger charge is 2.54. The number of aliphatic hydroxyl groups is 2. The van der Waals surface area contributed by atoms with Crippen LogP contribution in [0, 0.1) is 5.92 Å². The van der Waals surface area contributed by atoms with E-state index in [2.05, 4.69) is 6.58 Å². The highest BCUT2D eigenvalue weighted by atomic mass is 16.6.